The number of benzene rings is 6. The normalized spacial score (nSPS) is 23.6. The van der Waals surface area contributed by atoms with E-state index in [4.69, 9.17) is 0 Å². The van der Waals surface area contributed by atoms with Gasteiger partial charge in [-0.25, -0.2) is 0 Å². The Bertz CT molecular complexity index is 4140. The number of anilines is 4. The molecule has 6 aliphatic carbocycles. The molecule has 0 radical (unpaired) electrons. The maximum absolute atomic E-state index is 3.10. The van der Waals surface area contributed by atoms with E-state index in [0.717, 1.165) is 38.5 Å². The second kappa shape index (κ2) is 23.6. The van der Waals surface area contributed by atoms with Crippen molar-refractivity contribution in [2.45, 2.75) is 232 Å². The molecular weight excluding hydrogens is 1110 g/mol. The van der Waals surface area contributed by atoms with Gasteiger partial charge < -0.3 is 14.4 Å². The molecule has 6 atom stereocenters. The van der Waals surface area contributed by atoms with Crippen molar-refractivity contribution in [3.05, 3.63) is 202 Å². The fourth-order valence-electron chi connectivity index (χ4n) is 18.9. The van der Waals surface area contributed by atoms with Crippen LogP contribution in [0.1, 0.15) is 221 Å². The first-order chi connectivity index (χ1) is 44.2. The SMILES string of the molecule is CC(C)(C)c1cc2c3c(c1)N(C1C(C4CC=CCC4)=CCCC1C1=CCCCC1)c1cc(-n4c5ccccc5c5ccccc54)ccc1B3c1ccc(-c3c(C(C)(C)C)cc(C(C)(C)C)cc3C(C)(C)C)cc1N2C1C(C2CC=CCC2)=CCCC1C1=CCCCC1. The van der Waals surface area contributed by atoms with Crippen molar-refractivity contribution in [3.8, 4) is 16.8 Å². The molecule has 0 bridgehead atoms. The number of fused-ring (bicyclic) bond motifs is 7. The third kappa shape index (κ3) is 10.7. The second-order valence-electron chi connectivity index (χ2n) is 33.6. The van der Waals surface area contributed by atoms with E-state index in [2.05, 4.69) is 255 Å². The van der Waals surface area contributed by atoms with Crippen LogP contribution in [0.2, 0.25) is 0 Å². The molecule has 92 heavy (non-hydrogen) atoms. The number of nitrogens with zero attached hydrogens (tertiary/aromatic N) is 3. The molecule has 8 aliphatic rings. The smallest absolute Gasteiger partial charge is 0.252 e. The van der Waals surface area contributed by atoms with E-state index in [1.165, 1.54) is 177 Å². The molecular formula is C88H104BN3. The number of aromatic nitrogens is 1. The van der Waals surface area contributed by atoms with E-state index in [1.807, 2.05) is 0 Å². The highest BCUT2D eigenvalue weighted by Gasteiger charge is 2.51. The Morgan fingerprint density at radius 3 is 1.35 bits per heavy atom. The van der Waals surface area contributed by atoms with Gasteiger partial charge in [-0.3, -0.25) is 0 Å². The van der Waals surface area contributed by atoms with Crippen LogP contribution in [0.3, 0.4) is 0 Å². The van der Waals surface area contributed by atoms with Gasteiger partial charge in [0.2, 0.25) is 0 Å². The minimum atomic E-state index is -0.140. The van der Waals surface area contributed by atoms with E-state index < -0.39 is 0 Å². The van der Waals surface area contributed by atoms with Gasteiger partial charge in [-0.05, 0) is 252 Å². The Morgan fingerprint density at radius 1 is 0.413 bits per heavy atom. The summed E-state index contributed by atoms with van der Waals surface area (Å²) in [6, 6.07) is 45.4. The number of hydrogen-bond acceptors (Lipinski definition) is 2. The average molecular weight is 1210 g/mol. The molecule has 7 aromatic rings. The van der Waals surface area contributed by atoms with Gasteiger partial charge in [0.15, 0.2) is 0 Å². The van der Waals surface area contributed by atoms with E-state index in [1.54, 1.807) is 22.3 Å². The highest BCUT2D eigenvalue weighted by Crippen LogP contribution is 2.54. The van der Waals surface area contributed by atoms with Crippen LogP contribution in [-0.2, 0) is 21.7 Å². The van der Waals surface area contributed by atoms with Gasteiger partial charge in [-0.15, -0.1) is 0 Å². The highest BCUT2D eigenvalue weighted by molar-refractivity contribution is 7.00. The third-order valence-corrected chi connectivity index (χ3v) is 23.5. The lowest BCUT2D eigenvalue weighted by Gasteiger charge is -2.54. The van der Waals surface area contributed by atoms with Gasteiger partial charge in [0.25, 0.3) is 6.71 Å². The van der Waals surface area contributed by atoms with Crippen molar-refractivity contribution in [3.63, 3.8) is 0 Å². The summed E-state index contributed by atoms with van der Waals surface area (Å²) in [6.45, 7) is 29.5. The summed E-state index contributed by atoms with van der Waals surface area (Å²) in [4.78, 5) is 6.18. The summed E-state index contributed by atoms with van der Waals surface area (Å²) in [7, 11) is 0. The van der Waals surface area contributed by atoms with Crippen LogP contribution in [0.25, 0.3) is 38.6 Å². The summed E-state index contributed by atoms with van der Waals surface area (Å²) in [5, 5.41) is 2.62. The van der Waals surface area contributed by atoms with Crippen molar-refractivity contribution in [1.82, 2.24) is 4.57 Å². The van der Waals surface area contributed by atoms with Crippen LogP contribution in [0.15, 0.2) is 180 Å². The maximum Gasteiger partial charge on any atom is 0.252 e. The molecule has 474 valence electrons. The number of para-hydroxylation sites is 2. The first-order valence-corrected chi connectivity index (χ1v) is 36.5. The standard InChI is InChI=1S/C88H104BN3/c1-85(2,3)62-52-71(87(7,8)9)81(72(53-62)88(10,11)12)61-47-49-73-77(51-61)91(83-65(57-31-17-13-18-32-57)41-29-42-66(83)58-33-19-14-20-34-58)79-54-63(86(4,5)6)55-80-82(79)89(73)74-50-48-64(90-75-45-27-25-39-69(75)70-40-26-28-46-76(70)90)56-78(74)92(80)84-67(59-35-21-15-22-36-59)43-30-44-68(84)60-37-23-16-24-38-60/h13,15,17,21,25-28,33,37,39-41,43,45-57,59,66,68,83-84H,14,16,18-20,22-24,29-32,34-36,38,42,44H2,1-12H3. The van der Waals surface area contributed by atoms with Gasteiger partial charge in [0, 0.05) is 51.0 Å². The predicted octanol–water partition coefficient (Wildman–Crippen LogP) is 22.2. The molecule has 0 saturated heterocycles. The Labute approximate surface area is 554 Å². The van der Waals surface area contributed by atoms with Crippen LogP contribution >= 0.6 is 0 Å². The predicted molar refractivity (Wildman–Crippen MR) is 398 cm³/mol. The fourth-order valence-corrected chi connectivity index (χ4v) is 18.9. The molecule has 0 N–H and O–H groups in total. The number of allylic oxidation sites excluding steroid dienone is 8. The van der Waals surface area contributed by atoms with Gasteiger partial charge in [0.05, 0.1) is 23.1 Å². The minimum Gasteiger partial charge on any atom is -0.334 e. The zero-order chi connectivity index (χ0) is 63.6. The molecule has 0 saturated carbocycles. The number of rotatable bonds is 8. The van der Waals surface area contributed by atoms with Crippen molar-refractivity contribution in [2.24, 2.45) is 23.7 Å². The molecule has 3 heterocycles. The Balaban J connectivity index is 1.08. The van der Waals surface area contributed by atoms with Crippen molar-refractivity contribution >= 4 is 67.7 Å². The van der Waals surface area contributed by atoms with Crippen LogP contribution < -0.4 is 26.2 Å². The van der Waals surface area contributed by atoms with Crippen LogP contribution in [-0.4, -0.2) is 23.4 Å². The summed E-state index contributed by atoms with van der Waals surface area (Å²) in [5.74, 6) is 1.85. The number of hydrogen-bond donors (Lipinski definition) is 0. The lowest BCUT2D eigenvalue weighted by molar-refractivity contribution is 0.391. The summed E-state index contributed by atoms with van der Waals surface area (Å²) >= 11 is 0. The molecule has 3 nitrogen and oxygen atoms in total. The zero-order valence-corrected chi connectivity index (χ0v) is 58.1. The van der Waals surface area contributed by atoms with Crippen molar-refractivity contribution < 1.29 is 0 Å². The zero-order valence-electron chi connectivity index (χ0n) is 58.1. The summed E-state index contributed by atoms with van der Waals surface area (Å²) in [6.07, 6.45) is 42.8. The fraction of sp³-hybridized carbons (Fsp3) is 0.455. The molecule has 15 rings (SSSR count). The average Bonchev–Trinajstić information content (AvgIpc) is 0.740. The molecule has 0 spiro atoms. The van der Waals surface area contributed by atoms with Crippen molar-refractivity contribution in [2.75, 3.05) is 9.80 Å². The first kappa shape index (κ1) is 61.4. The van der Waals surface area contributed by atoms with E-state index in [9.17, 15) is 0 Å². The molecule has 6 aromatic carbocycles. The molecule has 4 heteroatoms. The van der Waals surface area contributed by atoms with E-state index in [-0.39, 0.29) is 40.5 Å². The molecule has 1 aromatic heterocycles. The molecule has 6 unspecified atom stereocenters. The quantitative estimate of drug-likeness (QED) is 0.111. The lowest BCUT2D eigenvalue weighted by atomic mass is 9.33. The third-order valence-electron chi connectivity index (χ3n) is 23.5. The summed E-state index contributed by atoms with van der Waals surface area (Å²) < 4.78 is 2.60. The maximum atomic E-state index is 3.10. The Kier molecular flexibility index (Phi) is 15.8. The van der Waals surface area contributed by atoms with Crippen LogP contribution in [0.4, 0.5) is 22.7 Å². The minimum absolute atomic E-state index is 0.00201. The van der Waals surface area contributed by atoms with Crippen molar-refractivity contribution in [1.29, 1.82) is 0 Å². The summed E-state index contributed by atoms with van der Waals surface area (Å²) in [5.41, 5.74) is 29.0. The monoisotopic (exact) mass is 1210 g/mol. The Hall–Kier alpha value is -6.78. The largest absolute Gasteiger partial charge is 0.334 e. The van der Waals surface area contributed by atoms with Gasteiger partial charge in [0.1, 0.15) is 0 Å². The van der Waals surface area contributed by atoms with E-state index >= 15 is 0 Å². The van der Waals surface area contributed by atoms with Gasteiger partial charge in [-0.2, -0.15) is 0 Å². The van der Waals surface area contributed by atoms with Crippen LogP contribution in [0, 0.1) is 23.7 Å². The first-order valence-electron chi connectivity index (χ1n) is 36.5. The van der Waals surface area contributed by atoms with E-state index in [0.29, 0.717) is 23.7 Å². The highest BCUT2D eigenvalue weighted by atomic mass is 15.2. The molecule has 0 amide bonds. The van der Waals surface area contributed by atoms with Crippen LogP contribution in [0.5, 0.6) is 0 Å². The lowest BCUT2D eigenvalue weighted by Crippen LogP contribution is -2.65. The molecule has 2 aliphatic heterocycles. The second-order valence-corrected chi connectivity index (χ2v) is 33.6. The molecule has 0 fully saturated rings. The topological polar surface area (TPSA) is 11.4 Å². The van der Waals surface area contributed by atoms with Gasteiger partial charge >= 0.3 is 0 Å². The Morgan fingerprint density at radius 2 is 0.891 bits per heavy atom. The van der Waals surface area contributed by atoms with Gasteiger partial charge in [-0.1, -0.05) is 210 Å².